The number of aromatic nitrogens is 1. The Morgan fingerprint density at radius 1 is 1.12 bits per heavy atom. The zero-order chi connectivity index (χ0) is 11.5. The maximum atomic E-state index is 13.2. The normalized spacial score (nSPS) is 10.2. The van der Waals surface area contributed by atoms with Gasteiger partial charge in [0.15, 0.2) is 0 Å². The summed E-state index contributed by atoms with van der Waals surface area (Å²) in [6.45, 7) is 3.66. The minimum atomic E-state index is -0.274. The third-order valence-electron chi connectivity index (χ3n) is 2.25. The second-order valence-electron chi connectivity index (χ2n) is 3.69. The molecule has 1 aromatic carbocycles. The van der Waals surface area contributed by atoms with Gasteiger partial charge in [0.25, 0.3) is 0 Å². The van der Waals surface area contributed by atoms with Crippen molar-refractivity contribution in [2.45, 2.75) is 13.8 Å². The van der Waals surface area contributed by atoms with Crippen molar-refractivity contribution < 1.29 is 9.13 Å². The lowest BCUT2D eigenvalue weighted by molar-refractivity contribution is 0.457. The Hall–Kier alpha value is -1.90. The van der Waals surface area contributed by atoms with Crippen LogP contribution >= 0.6 is 0 Å². The van der Waals surface area contributed by atoms with Gasteiger partial charge in [0.1, 0.15) is 11.6 Å². The van der Waals surface area contributed by atoms with E-state index in [1.54, 1.807) is 31.3 Å². The van der Waals surface area contributed by atoms with E-state index in [9.17, 15) is 4.39 Å². The summed E-state index contributed by atoms with van der Waals surface area (Å²) in [5, 5.41) is 0. The summed E-state index contributed by atoms with van der Waals surface area (Å²) in [5.74, 6) is 0.651. The first-order chi connectivity index (χ1) is 7.65. The van der Waals surface area contributed by atoms with Gasteiger partial charge in [0, 0.05) is 18.3 Å². The molecule has 16 heavy (non-hydrogen) atoms. The molecule has 1 aromatic heterocycles. The summed E-state index contributed by atoms with van der Waals surface area (Å²) in [6, 6.07) is 8.41. The van der Waals surface area contributed by atoms with Crippen molar-refractivity contribution in [1.82, 2.24) is 4.98 Å². The van der Waals surface area contributed by atoms with Gasteiger partial charge in [0.2, 0.25) is 5.88 Å². The molecule has 0 aliphatic heterocycles. The second kappa shape index (κ2) is 4.31. The Morgan fingerprint density at radius 2 is 1.94 bits per heavy atom. The standard InChI is InChI=1S/C13H12FNO/c1-9-3-6-13(15-8-9)16-11-5-4-10(2)12(14)7-11/h3-8H,1-2H3. The number of hydrogen-bond donors (Lipinski definition) is 0. The molecule has 0 radical (unpaired) electrons. The van der Waals surface area contributed by atoms with Gasteiger partial charge in [-0.05, 0) is 31.0 Å². The summed E-state index contributed by atoms with van der Waals surface area (Å²) in [7, 11) is 0. The molecule has 0 aliphatic carbocycles. The molecule has 0 aliphatic rings. The molecule has 2 nitrogen and oxygen atoms in total. The molecule has 2 aromatic rings. The Labute approximate surface area is 93.7 Å². The molecule has 2 rings (SSSR count). The lowest BCUT2D eigenvalue weighted by atomic mass is 10.2. The Morgan fingerprint density at radius 3 is 2.56 bits per heavy atom. The van der Waals surface area contributed by atoms with E-state index in [0.717, 1.165) is 5.56 Å². The molecule has 0 spiro atoms. The minimum absolute atomic E-state index is 0.274. The van der Waals surface area contributed by atoms with Gasteiger partial charge in [-0.2, -0.15) is 0 Å². The van der Waals surface area contributed by atoms with Crippen molar-refractivity contribution in [3.8, 4) is 11.6 Å². The molecule has 1 heterocycles. The fourth-order valence-electron chi connectivity index (χ4n) is 1.27. The van der Waals surface area contributed by atoms with Crippen LogP contribution in [0, 0.1) is 19.7 Å². The molecule has 0 N–H and O–H groups in total. The van der Waals surface area contributed by atoms with Crippen LogP contribution in [0.1, 0.15) is 11.1 Å². The quantitative estimate of drug-likeness (QED) is 0.766. The second-order valence-corrected chi connectivity index (χ2v) is 3.69. The van der Waals surface area contributed by atoms with E-state index in [4.69, 9.17) is 4.74 Å². The molecule has 0 atom stereocenters. The largest absolute Gasteiger partial charge is 0.439 e. The van der Waals surface area contributed by atoms with Gasteiger partial charge in [0.05, 0.1) is 0 Å². The Bertz CT molecular complexity index is 494. The fraction of sp³-hybridized carbons (Fsp3) is 0.154. The van der Waals surface area contributed by atoms with Gasteiger partial charge < -0.3 is 4.74 Å². The van der Waals surface area contributed by atoms with Crippen molar-refractivity contribution in [3.05, 3.63) is 53.5 Å². The van der Waals surface area contributed by atoms with Crippen molar-refractivity contribution in [2.75, 3.05) is 0 Å². The van der Waals surface area contributed by atoms with Gasteiger partial charge in [-0.25, -0.2) is 9.37 Å². The lowest BCUT2D eigenvalue weighted by Gasteiger charge is -2.05. The Kier molecular flexibility index (Phi) is 2.86. The SMILES string of the molecule is Cc1ccc(Oc2ccc(C)c(F)c2)nc1. The minimum Gasteiger partial charge on any atom is -0.439 e. The monoisotopic (exact) mass is 217 g/mol. The highest BCUT2D eigenvalue weighted by Gasteiger charge is 2.02. The Balaban J connectivity index is 2.20. The third-order valence-corrected chi connectivity index (χ3v) is 2.25. The van der Waals surface area contributed by atoms with E-state index in [-0.39, 0.29) is 5.82 Å². The number of benzene rings is 1. The zero-order valence-electron chi connectivity index (χ0n) is 9.20. The first-order valence-corrected chi connectivity index (χ1v) is 5.02. The van der Waals surface area contributed by atoms with Crippen molar-refractivity contribution in [2.24, 2.45) is 0 Å². The van der Waals surface area contributed by atoms with E-state index < -0.39 is 0 Å². The van der Waals surface area contributed by atoms with Crippen LogP contribution in [-0.4, -0.2) is 4.98 Å². The highest BCUT2D eigenvalue weighted by atomic mass is 19.1. The molecular weight excluding hydrogens is 205 g/mol. The topological polar surface area (TPSA) is 22.1 Å². The third kappa shape index (κ3) is 2.37. The van der Waals surface area contributed by atoms with Crippen LogP contribution in [0.4, 0.5) is 4.39 Å². The fourth-order valence-corrected chi connectivity index (χ4v) is 1.27. The molecular formula is C13H12FNO. The van der Waals surface area contributed by atoms with Gasteiger partial charge in [-0.3, -0.25) is 0 Å². The van der Waals surface area contributed by atoms with Crippen molar-refractivity contribution >= 4 is 0 Å². The number of hydrogen-bond acceptors (Lipinski definition) is 2. The molecule has 0 bridgehead atoms. The van der Waals surface area contributed by atoms with Crippen LogP contribution in [0.5, 0.6) is 11.6 Å². The smallest absolute Gasteiger partial charge is 0.219 e. The molecule has 0 saturated heterocycles. The highest BCUT2D eigenvalue weighted by Crippen LogP contribution is 2.21. The van der Waals surface area contributed by atoms with Crippen LogP contribution in [-0.2, 0) is 0 Å². The summed E-state index contributed by atoms with van der Waals surface area (Å²) in [6.07, 6.45) is 1.71. The predicted molar refractivity (Wildman–Crippen MR) is 60.2 cm³/mol. The van der Waals surface area contributed by atoms with Crippen LogP contribution in [0.3, 0.4) is 0 Å². The maximum absolute atomic E-state index is 13.2. The van der Waals surface area contributed by atoms with Crippen LogP contribution in [0.15, 0.2) is 36.5 Å². The number of halogens is 1. The molecule has 0 amide bonds. The summed E-state index contributed by atoms with van der Waals surface area (Å²) in [4.78, 5) is 4.08. The van der Waals surface area contributed by atoms with E-state index in [1.807, 2.05) is 13.0 Å². The van der Waals surface area contributed by atoms with E-state index in [1.165, 1.54) is 6.07 Å². The first-order valence-electron chi connectivity index (χ1n) is 5.02. The molecule has 0 saturated carbocycles. The number of pyridine rings is 1. The van der Waals surface area contributed by atoms with Crippen molar-refractivity contribution in [3.63, 3.8) is 0 Å². The summed E-state index contributed by atoms with van der Waals surface area (Å²) < 4.78 is 18.7. The lowest BCUT2D eigenvalue weighted by Crippen LogP contribution is -1.89. The summed E-state index contributed by atoms with van der Waals surface area (Å²) in [5.41, 5.74) is 1.66. The van der Waals surface area contributed by atoms with Crippen LogP contribution in [0.2, 0.25) is 0 Å². The van der Waals surface area contributed by atoms with E-state index in [2.05, 4.69) is 4.98 Å². The predicted octanol–water partition coefficient (Wildman–Crippen LogP) is 3.63. The van der Waals surface area contributed by atoms with Gasteiger partial charge >= 0.3 is 0 Å². The average Bonchev–Trinajstić information content (AvgIpc) is 2.27. The zero-order valence-corrected chi connectivity index (χ0v) is 9.20. The van der Waals surface area contributed by atoms with Crippen LogP contribution < -0.4 is 4.74 Å². The number of ether oxygens (including phenoxy) is 1. The molecule has 0 fully saturated rings. The number of nitrogens with zero attached hydrogens (tertiary/aromatic N) is 1. The number of rotatable bonds is 2. The molecule has 0 unspecified atom stereocenters. The van der Waals surface area contributed by atoms with Crippen molar-refractivity contribution in [1.29, 1.82) is 0 Å². The highest BCUT2D eigenvalue weighted by molar-refractivity contribution is 5.31. The van der Waals surface area contributed by atoms with E-state index >= 15 is 0 Å². The molecule has 3 heteroatoms. The average molecular weight is 217 g/mol. The molecule has 82 valence electrons. The van der Waals surface area contributed by atoms with Gasteiger partial charge in [-0.1, -0.05) is 12.1 Å². The van der Waals surface area contributed by atoms with E-state index in [0.29, 0.717) is 17.2 Å². The number of aryl methyl sites for hydroxylation is 2. The summed E-state index contributed by atoms with van der Waals surface area (Å²) >= 11 is 0. The van der Waals surface area contributed by atoms with Crippen LogP contribution in [0.25, 0.3) is 0 Å². The maximum Gasteiger partial charge on any atom is 0.219 e. The van der Waals surface area contributed by atoms with Gasteiger partial charge in [-0.15, -0.1) is 0 Å². The first kappa shape index (κ1) is 10.6.